The van der Waals surface area contributed by atoms with Gasteiger partial charge in [0.25, 0.3) is 0 Å². The molecule has 0 aromatic heterocycles. The van der Waals surface area contributed by atoms with E-state index in [9.17, 15) is 0 Å². The zero-order valence-electron chi connectivity index (χ0n) is 17.7. The zero-order valence-corrected chi connectivity index (χ0v) is 20.0. The van der Waals surface area contributed by atoms with E-state index < -0.39 is 0 Å². The first kappa shape index (κ1) is 23.6. The van der Waals surface area contributed by atoms with Crippen molar-refractivity contribution in [1.82, 2.24) is 10.2 Å². The fourth-order valence-electron chi connectivity index (χ4n) is 3.77. The van der Waals surface area contributed by atoms with E-state index in [1.54, 1.807) is 0 Å². The van der Waals surface area contributed by atoms with Crippen LogP contribution in [0.15, 0.2) is 53.5 Å². The predicted octanol–water partition coefficient (Wildman–Crippen LogP) is 2.94. The van der Waals surface area contributed by atoms with Gasteiger partial charge in [-0.05, 0) is 12.1 Å². The van der Waals surface area contributed by atoms with Crippen LogP contribution in [0.5, 0.6) is 11.5 Å². The van der Waals surface area contributed by atoms with Crippen LogP contribution in [-0.4, -0.2) is 56.9 Å². The number of morpholine rings is 1. The SMILES string of the molecule is I.NC(=NCc1ccccc1OCCN1CCOCC1)NC1CCOc2ccccc21. The molecule has 0 aliphatic carbocycles. The molecule has 1 atom stereocenters. The summed E-state index contributed by atoms with van der Waals surface area (Å²) in [6.45, 7) is 6.21. The Hall–Kier alpha value is -2.04. The Bertz CT molecular complexity index is 858. The highest BCUT2D eigenvalue weighted by molar-refractivity contribution is 14.0. The van der Waals surface area contributed by atoms with Gasteiger partial charge in [0, 0.05) is 37.2 Å². The van der Waals surface area contributed by atoms with Crippen molar-refractivity contribution in [3.63, 3.8) is 0 Å². The topological polar surface area (TPSA) is 81.3 Å². The number of hydrogen-bond donors (Lipinski definition) is 2. The molecule has 0 radical (unpaired) electrons. The quantitative estimate of drug-likeness (QED) is 0.321. The maximum atomic E-state index is 6.20. The lowest BCUT2D eigenvalue weighted by molar-refractivity contribution is 0.0322. The minimum atomic E-state index is 0. The van der Waals surface area contributed by atoms with Gasteiger partial charge in [0.15, 0.2) is 5.96 Å². The van der Waals surface area contributed by atoms with Crippen molar-refractivity contribution in [2.75, 3.05) is 46.1 Å². The Morgan fingerprint density at radius 3 is 2.74 bits per heavy atom. The number of guanidine groups is 1. The summed E-state index contributed by atoms with van der Waals surface area (Å²) >= 11 is 0. The smallest absolute Gasteiger partial charge is 0.189 e. The summed E-state index contributed by atoms with van der Waals surface area (Å²) in [4.78, 5) is 6.91. The lowest BCUT2D eigenvalue weighted by atomic mass is 10.0. The number of benzene rings is 2. The van der Waals surface area contributed by atoms with Crippen LogP contribution in [0.1, 0.15) is 23.6 Å². The first-order valence-corrected chi connectivity index (χ1v) is 10.6. The van der Waals surface area contributed by atoms with Crippen molar-refractivity contribution in [3.05, 3.63) is 59.7 Å². The Morgan fingerprint density at radius 1 is 1.10 bits per heavy atom. The van der Waals surface area contributed by atoms with E-state index in [0.717, 1.165) is 61.9 Å². The standard InChI is InChI=1S/C23H30N4O3.HI/c24-23(26-20-9-13-29-22-8-4-2-6-19(20)22)25-17-18-5-1-3-7-21(18)30-16-12-27-10-14-28-15-11-27;/h1-8,20H,9-17H2,(H3,24,25,26);1H. The number of nitrogens with one attached hydrogen (secondary N) is 1. The molecule has 3 N–H and O–H groups in total. The summed E-state index contributed by atoms with van der Waals surface area (Å²) in [5.41, 5.74) is 8.34. The summed E-state index contributed by atoms with van der Waals surface area (Å²) in [6.07, 6.45) is 0.856. The van der Waals surface area contributed by atoms with Crippen molar-refractivity contribution in [2.24, 2.45) is 10.7 Å². The van der Waals surface area contributed by atoms with Crippen LogP contribution in [0.3, 0.4) is 0 Å². The van der Waals surface area contributed by atoms with Gasteiger partial charge in [0.2, 0.25) is 0 Å². The van der Waals surface area contributed by atoms with Gasteiger partial charge in [-0.2, -0.15) is 0 Å². The van der Waals surface area contributed by atoms with Crippen molar-refractivity contribution in [1.29, 1.82) is 0 Å². The number of hydrogen-bond acceptors (Lipinski definition) is 5. The minimum absolute atomic E-state index is 0. The number of aliphatic imine (C=N–C) groups is 1. The third-order valence-electron chi connectivity index (χ3n) is 5.44. The second kappa shape index (κ2) is 12.1. The molecule has 2 heterocycles. The number of ether oxygens (including phenoxy) is 3. The molecular weight excluding hydrogens is 507 g/mol. The summed E-state index contributed by atoms with van der Waals surface area (Å²) in [5.74, 6) is 2.20. The molecule has 4 rings (SSSR count). The lowest BCUT2D eigenvalue weighted by Crippen LogP contribution is -2.38. The summed E-state index contributed by atoms with van der Waals surface area (Å²) in [6, 6.07) is 16.2. The molecule has 0 saturated carbocycles. The largest absolute Gasteiger partial charge is 0.493 e. The highest BCUT2D eigenvalue weighted by Gasteiger charge is 2.21. The van der Waals surface area contributed by atoms with E-state index in [2.05, 4.69) is 21.3 Å². The molecule has 2 aliphatic heterocycles. The molecule has 0 amide bonds. The molecule has 2 aliphatic rings. The van der Waals surface area contributed by atoms with E-state index >= 15 is 0 Å². The molecule has 1 unspecified atom stereocenters. The van der Waals surface area contributed by atoms with Crippen molar-refractivity contribution >= 4 is 29.9 Å². The van der Waals surface area contributed by atoms with Gasteiger partial charge < -0.3 is 25.3 Å². The van der Waals surface area contributed by atoms with Gasteiger partial charge in [-0.15, -0.1) is 24.0 Å². The van der Waals surface area contributed by atoms with E-state index in [-0.39, 0.29) is 30.0 Å². The van der Waals surface area contributed by atoms with Gasteiger partial charge in [-0.25, -0.2) is 4.99 Å². The third-order valence-corrected chi connectivity index (χ3v) is 5.44. The number of nitrogens with zero attached hydrogens (tertiary/aromatic N) is 2. The number of halogens is 1. The molecule has 0 spiro atoms. The molecule has 1 saturated heterocycles. The number of rotatable bonds is 7. The molecule has 0 bridgehead atoms. The van der Waals surface area contributed by atoms with E-state index in [1.807, 2.05) is 42.5 Å². The van der Waals surface area contributed by atoms with Crippen LogP contribution in [0.25, 0.3) is 0 Å². The molecule has 8 heteroatoms. The van der Waals surface area contributed by atoms with Crippen molar-refractivity contribution < 1.29 is 14.2 Å². The summed E-state index contributed by atoms with van der Waals surface area (Å²) in [5, 5.41) is 3.34. The summed E-state index contributed by atoms with van der Waals surface area (Å²) in [7, 11) is 0. The Labute approximate surface area is 201 Å². The Morgan fingerprint density at radius 2 is 1.87 bits per heavy atom. The van der Waals surface area contributed by atoms with Crippen LogP contribution in [0.2, 0.25) is 0 Å². The van der Waals surface area contributed by atoms with Gasteiger partial charge in [-0.1, -0.05) is 36.4 Å². The molecule has 1 fully saturated rings. The van der Waals surface area contributed by atoms with Gasteiger partial charge in [-0.3, -0.25) is 4.90 Å². The highest BCUT2D eigenvalue weighted by atomic mass is 127. The third kappa shape index (κ3) is 6.72. The van der Waals surface area contributed by atoms with E-state index in [4.69, 9.17) is 19.9 Å². The van der Waals surface area contributed by atoms with Crippen LogP contribution < -0.4 is 20.5 Å². The zero-order chi connectivity index (χ0) is 20.6. The van der Waals surface area contributed by atoms with Crippen LogP contribution in [-0.2, 0) is 11.3 Å². The van der Waals surface area contributed by atoms with E-state index in [1.165, 1.54) is 0 Å². The van der Waals surface area contributed by atoms with Crippen molar-refractivity contribution in [3.8, 4) is 11.5 Å². The molecule has 7 nitrogen and oxygen atoms in total. The van der Waals surface area contributed by atoms with Crippen molar-refractivity contribution in [2.45, 2.75) is 19.0 Å². The monoisotopic (exact) mass is 538 g/mol. The Balaban J connectivity index is 0.00000272. The number of fused-ring (bicyclic) bond motifs is 1. The average molecular weight is 538 g/mol. The molecule has 31 heavy (non-hydrogen) atoms. The van der Waals surface area contributed by atoms with Gasteiger partial charge >= 0.3 is 0 Å². The normalized spacial score (nSPS) is 19.0. The van der Waals surface area contributed by atoms with Crippen LogP contribution in [0.4, 0.5) is 0 Å². The van der Waals surface area contributed by atoms with Gasteiger partial charge in [0.1, 0.15) is 18.1 Å². The summed E-state index contributed by atoms with van der Waals surface area (Å²) < 4.78 is 17.1. The molecule has 2 aromatic carbocycles. The van der Waals surface area contributed by atoms with E-state index in [0.29, 0.717) is 25.7 Å². The number of nitrogens with two attached hydrogens (primary N) is 1. The lowest BCUT2D eigenvalue weighted by Gasteiger charge is -2.27. The maximum absolute atomic E-state index is 6.20. The molecule has 168 valence electrons. The average Bonchev–Trinajstić information content (AvgIpc) is 2.79. The predicted molar refractivity (Wildman–Crippen MR) is 132 cm³/mol. The highest BCUT2D eigenvalue weighted by Crippen LogP contribution is 2.31. The molecular formula is C23H31IN4O3. The van der Waals surface area contributed by atoms with Crippen LogP contribution >= 0.6 is 24.0 Å². The number of para-hydroxylation sites is 2. The maximum Gasteiger partial charge on any atom is 0.189 e. The first-order valence-electron chi connectivity index (χ1n) is 10.6. The second-order valence-corrected chi connectivity index (χ2v) is 7.48. The Kier molecular flexibility index (Phi) is 9.23. The minimum Gasteiger partial charge on any atom is -0.493 e. The van der Waals surface area contributed by atoms with Gasteiger partial charge in [0.05, 0.1) is 32.4 Å². The second-order valence-electron chi connectivity index (χ2n) is 7.48. The fraction of sp³-hybridized carbons (Fsp3) is 0.435. The first-order chi connectivity index (χ1) is 14.8. The fourth-order valence-corrected chi connectivity index (χ4v) is 3.77. The van der Waals surface area contributed by atoms with Crippen LogP contribution in [0, 0.1) is 0 Å². The molecule has 2 aromatic rings.